The third-order valence-electron chi connectivity index (χ3n) is 2.81. The Morgan fingerprint density at radius 1 is 1.65 bits per heavy atom. The molecule has 106 valence electrons. The molecule has 0 aliphatic rings. The van der Waals surface area contributed by atoms with Crippen molar-refractivity contribution in [1.82, 2.24) is 14.8 Å². The average molecular weight is 292 g/mol. The van der Waals surface area contributed by atoms with Crippen LogP contribution in [0.25, 0.3) is 11.4 Å². The topological polar surface area (TPSA) is 86.9 Å². The van der Waals surface area contributed by atoms with E-state index >= 15 is 0 Å². The molecule has 0 bridgehead atoms. The van der Waals surface area contributed by atoms with Gasteiger partial charge in [0, 0.05) is 6.54 Å². The zero-order chi connectivity index (χ0) is 14.7. The van der Waals surface area contributed by atoms with Crippen LogP contribution in [-0.4, -0.2) is 25.9 Å². The van der Waals surface area contributed by atoms with Gasteiger partial charge in [0.05, 0.1) is 17.1 Å². The number of carbonyl (C=O) groups is 1. The summed E-state index contributed by atoms with van der Waals surface area (Å²) in [6.07, 6.45) is 3.36. The highest BCUT2D eigenvalue weighted by molar-refractivity contribution is 8.00. The predicted molar refractivity (Wildman–Crippen MR) is 77.2 cm³/mol. The molecule has 0 aliphatic heterocycles. The molecule has 1 unspecified atom stereocenters. The SMILES string of the molecule is C=CCn1c(SC(C)C(N)=O)nnc1-c1ccoc1C. The Labute approximate surface area is 121 Å². The number of rotatable bonds is 6. The number of carbonyl (C=O) groups excluding carboxylic acids is 1. The van der Waals surface area contributed by atoms with E-state index < -0.39 is 0 Å². The molecule has 2 N–H and O–H groups in total. The van der Waals surface area contributed by atoms with E-state index in [1.54, 1.807) is 19.3 Å². The Hall–Kier alpha value is -2.02. The number of aromatic nitrogens is 3. The summed E-state index contributed by atoms with van der Waals surface area (Å²) >= 11 is 1.28. The van der Waals surface area contributed by atoms with Crippen LogP contribution in [0.2, 0.25) is 0 Å². The maximum Gasteiger partial charge on any atom is 0.230 e. The maximum atomic E-state index is 11.2. The fourth-order valence-corrected chi connectivity index (χ4v) is 2.51. The first kappa shape index (κ1) is 14.4. The lowest BCUT2D eigenvalue weighted by Crippen LogP contribution is -2.23. The third-order valence-corrected chi connectivity index (χ3v) is 3.91. The lowest BCUT2D eigenvalue weighted by atomic mass is 10.2. The van der Waals surface area contributed by atoms with Gasteiger partial charge in [-0.05, 0) is 19.9 Å². The number of hydrogen-bond acceptors (Lipinski definition) is 5. The van der Waals surface area contributed by atoms with Crippen LogP contribution in [0.1, 0.15) is 12.7 Å². The van der Waals surface area contributed by atoms with Gasteiger partial charge in [-0.25, -0.2) is 0 Å². The maximum absolute atomic E-state index is 11.2. The second-order valence-electron chi connectivity index (χ2n) is 4.26. The molecular weight excluding hydrogens is 276 g/mol. The molecule has 1 amide bonds. The van der Waals surface area contributed by atoms with Crippen molar-refractivity contribution in [3.05, 3.63) is 30.7 Å². The van der Waals surface area contributed by atoms with Gasteiger partial charge in [0.1, 0.15) is 5.76 Å². The van der Waals surface area contributed by atoms with Gasteiger partial charge in [0.15, 0.2) is 11.0 Å². The van der Waals surface area contributed by atoms with Crippen molar-refractivity contribution in [3.63, 3.8) is 0 Å². The number of thioether (sulfide) groups is 1. The third kappa shape index (κ3) is 2.77. The standard InChI is InChI=1S/C13H16N4O2S/c1-4-6-17-12(10-5-7-19-8(10)2)15-16-13(17)20-9(3)11(14)18/h4-5,7,9H,1,6H2,2-3H3,(H2,14,18). The van der Waals surface area contributed by atoms with Gasteiger partial charge in [-0.1, -0.05) is 17.8 Å². The number of amides is 1. The summed E-state index contributed by atoms with van der Waals surface area (Å²) in [5.74, 6) is 1.07. The summed E-state index contributed by atoms with van der Waals surface area (Å²) in [5.41, 5.74) is 6.15. The van der Waals surface area contributed by atoms with Gasteiger partial charge >= 0.3 is 0 Å². The van der Waals surface area contributed by atoms with Crippen molar-refractivity contribution in [2.75, 3.05) is 0 Å². The van der Waals surface area contributed by atoms with E-state index in [2.05, 4.69) is 16.8 Å². The molecule has 2 aromatic heterocycles. The van der Waals surface area contributed by atoms with Crippen LogP contribution in [0.3, 0.4) is 0 Å². The van der Waals surface area contributed by atoms with Crippen molar-refractivity contribution >= 4 is 17.7 Å². The van der Waals surface area contributed by atoms with Crippen molar-refractivity contribution < 1.29 is 9.21 Å². The highest BCUT2D eigenvalue weighted by Crippen LogP contribution is 2.28. The minimum atomic E-state index is -0.385. The molecule has 20 heavy (non-hydrogen) atoms. The summed E-state index contributed by atoms with van der Waals surface area (Å²) < 4.78 is 7.18. The Morgan fingerprint density at radius 3 is 2.95 bits per heavy atom. The van der Waals surface area contributed by atoms with Crippen molar-refractivity contribution in [3.8, 4) is 11.4 Å². The van der Waals surface area contributed by atoms with Crippen LogP contribution in [0.5, 0.6) is 0 Å². The van der Waals surface area contributed by atoms with Gasteiger partial charge in [-0.15, -0.1) is 16.8 Å². The van der Waals surface area contributed by atoms with E-state index in [4.69, 9.17) is 10.2 Å². The molecule has 0 aromatic carbocycles. The molecule has 2 heterocycles. The van der Waals surface area contributed by atoms with E-state index in [-0.39, 0.29) is 11.2 Å². The van der Waals surface area contributed by atoms with Crippen molar-refractivity contribution in [1.29, 1.82) is 0 Å². The van der Waals surface area contributed by atoms with Gasteiger partial charge in [0.25, 0.3) is 0 Å². The molecule has 0 saturated carbocycles. The van der Waals surface area contributed by atoms with E-state index in [0.29, 0.717) is 17.5 Å². The molecule has 0 radical (unpaired) electrons. The van der Waals surface area contributed by atoms with E-state index in [1.807, 2.05) is 17.6 Å². The van der Waals surface area contributed by atoms with E-state index in [1.165, 1.54) is 11.8 Å². The number of allylic oxidation sites excluding steroid dienone is 1. The second-order valence-corrected chi connectivity index (χ2v) is 5.57. The first-order chi connectivity index (χ1) is 9.54. The van der Waals surface area contributed by atoms with Gasteiger partial charge in [-0.3, -0.25) is 9.36 Å². The predicted octanol–water partition coefficient (Wildman–Crippen LogP) is 2.00. The number of nitrogens with two attached hydrogens (primary N) is 1. The number of primary amides is 1. The fraction of sp³-hybridized carbons (Fsp3) is 0.308. The van der Waals surface area contributed by atoms with Gasteiger partial charge in [-0.2, -0.15) is 0 Å². The molecular formula is C13H16N4O2S. The van der Waals surface area contributed by atoms with Crippen LogP contribution in [0.4, 0.5) is 0 Å². The summed E-state index contributed by atoms with van der Waals surface area (Å²) in [5, 5.41) is 8.57. The van der Waals surface area contributed by atoms with Crippen molar-refractivity contribution in [2.24, 2.45) is 5.73 Å². The first-order valence-corrected chi connectivity index (χ1v) is 6.97. The Balaban J connectivity index is 2.40. The Kier molecular flexibility index (Phi) is 4.29. The van der Waals surface area contributed by atoms with Crippen LogP contribution in [0, 0.1) is 6.92 Å². The Morgan fingerprint density at radius 2 is 2.40 bits per heavy atom. The molecule has 0 saturated heterocycles. The molecule has 2 aromatic rings. The summed E-state index contributed by atoms with van der Waals surface area (Å²) in [7, 11) is 0. The first-order valence-electron chi connectivity index (χ1n) is 6.09. The average Bonchev–Trinajstić information content (AvgIpc) is 2.97. The van der Waals surface area contributed by atoms with Gasteiger partial charge in [0.2, 0.25) is 5.91 Å². The normalized spacial score (nSPS) is 12.3. The molecule has 0 spiro atoms. The van der Waals surface area contributed by atoms with Crippen molar-refractivity contribution in [2.45, 2.75) is 30.8 Å². The fourth-order valence-electron chi connectivity index (χ4n) is 1.70. The highest BCUT2D eigenvalue weighted by Gasteiger charge is 2.20. The largest absolute Gasteiger partial charge is 0.469 e. The highest BCUT2D eigenvalue weighted by atomic mass is 32.2. The second kappa shape index (κ2) is 5.96. The number of furan rings is 1. The zero-order valence-electron chi connectivity index (χ0n) is 11.4. The molecule has 6 nitrogen and oxygen atoms in total. The molecule has 1 atom stereocenters. The molecule has 7 heteroatoms. The number of aryl methyl sites for hydroxylation is 1. The Bertz CT molecular complexity index is 632. The minimum absolute atomic E-state index is 0.374. The monoisotopic (exact) mass is 292 g/mol. The summed E-state index contributed by atoms with van der Waals surface area (Å²) in [4.78, 5) is 11.2. The lowest BCUT2D eigenvalue weighted by molar-refractivity contribution is -0.117. The molecule has 0 fully saturated rings. The van der Waals surface area contributed by atoms with Crippen LogP contribution in [0.15, 0.2) is 34.6 Å². The quantitative estimate of drug-likeness (QED) is 0.650. The smallest absolute Gasteiger partial charge is 0.230 e. The van der Waals surface area contributed by atoms with Crippen LogP contribution >= 0.6 is 11.8 Å². The minimum Gasteiger partial charge on any atom is -0.469 e. The van der Waals surface area contributed by atoms with Gasteiger partial charge < -0.3 is 10.2 Å². The summed E-state index contributed by atoms with van der Waals surface area (Å²) in [6.45, 7) is 7.88. The number of hydrogen-bond donors (Lipinski definition) is 1. The van der Waals surface area contributed by atoms with E-state index in [0.717, 1.165) is 11.3 Å². The number of nitrogens with zero attached hydrogens (tertiary/aromatic N) is 3. The van der Waals surface area contributed by atoms with Crippen LogP contribution < -0.4 is 5.73 Å². The molecule has 2 rings (SSSR count). The molecule has 0 aliphatic carbocycles. The van der Waals surface area contributed by atoms with E-state index in [9.17, 15) is 4.79 Å². The van der Waals surface area contributed by atoms with Crippen LogP contribution in [-0.2, 0) is 11.3 Å². The lowest BCUT2D eigenvalue weighted by Gasteiger charge is -2.09. The summed E-state index contributed by atoms with van der Waals surface area (Å²) in [6, 6.07) is 1.84. The zero-order valence-corrected chi connectivity index (χ0v) is 12.2.